The van der Waals surface area contributed by atoms with Gasteiger partial charge in [-0.05, 0) is 30.9 Å². The van der Waals surface area contributed by atoms with Crippen molar-refractivity contribution < 1.29 is 18.0 Å². The summed E-state index contributed by atoms with van der Waals surface area (Å²) in [4.78, 5) is 40.6. The fourth-order valence-corrected chi connectivity index (χ4v) is 3.52. The Hall–Kier alpha value is -2.65. The first-order valence-corrected chi connectivity index (χ1v) is 9.13. The standard InChI is InChI=1S/C18H21F3N4O3/c1-24-15-12(7-8-13(23-15)18(19,20)21)16(27)25(17(24)28)10-14(26)22-9-11-5-3-2-4-6-11/h7-8,11H,2-6,9-10H2,1H3,(H,22,26). The van der Waals surface area contributed by atoms with Crippen LogP contribution in [-0.2, 0) is 24.6 Å². The molecule has 0 atom stereocenters. The third-order valence-corrected chi connectivity index (χ3v) is 5.09. The van der Waals surface area contributed by atoms with E-state index in [0.29, 0.717) is 23.1 Å². The van der Waals surface area contributed by atoms with Crippen LogP contribution in [0.5, 0.6) is 0 Å². The maximum absolute atomic E-state index is 12.9. The normalized spacial score (nSPS) is 15.7. The summed E-state index contributed by atoms with van der Waals surface area (Å²) >= 11 is 0. The van der Waals surface area contributed by atoms with E-state index < -0.39 is 35.6 Å². The molecule has 152 valence electrons. The Kier molecular flexibility index (Phi) is 5.57. The number of pyridine rings is 1. The van der Waals surface area contributed by atoms with Gasteiger partial charge in [0.2, 0.25) is 5.91 Å². The summed E-state index contributed by atoms with van der Waals surface area (Å²) in [7, 11) is 1.22. The van der Waals surface area contributed by atoms with Gasteiger partial charge >= 0.3 is 11.9 Å². The van der Waals surface area contributed by atoms with Crippen LogP contribution in [-0.4, -0.2) is 26.6 Å². The topological polar surface area (TPSA) is 86.0 Å². The van der Waals surface area contributed by atoms with Gasteiger partial charge in [0.25, 0.3) is 5.56 Å². The monoisotopic (exact) mass is 398 g/mol. The van der Waals surface area contributed by atoms with Crippen LogP contribution in [0.15, 0.2) is 21.7 Å². The zero-order valence-corrected chi connectivity index (χ0v) is 15.4. The number of fused-ring (bicyclic) bond motifs is 1. The molecule has 2 aromatic rings. The average Bonchev–Trinajstić information content (AvgIpc) is 2.67. The number of aryl methyl sites for hydroxylation is 1. The Labute approximate surface area is 158 Å². The van der Waals surface area contributed by atoms with Crippen molar-refractivity contribution >= 4 is 16.9 Å². The van der Waals surface area contributed by atoms with Gasteiger partial charge in [-0.1, -0.05) is 19.3 Å². The molecular weight excluding hydrogens is 377 g/mol. The van der Waals surface area contributed by atoms with Gasteiger partial charge in [0.05, 0.1) is 5.39 Å². The minimum atomic E-state index is -4.70. The van der Waals surface area contributed by atoms with Crippen molar-refractivity contribution in [2.45, 2.75) is 44.8 Å². The zero-order chi connectivity index (χ0) is 20.5. The third-order valence-electron chi connectivity index (χ3n) is 5.09. The zero-order valence-electron chi connectivity index (χ0n) is 15.4. The summed E-state index contributed by atoms with van der Waals surface area (Å²) in [6, 6.07) is 1.66. The molecule has 0 unspecified atom stereocenters. The van der Waals surface area contributed by atoms with E-state index in [2.05, 4.69) is 10.3 Å². The molecule has 1 N–H and O–H groups in total. The van der Waals surface area contributed by atoms with E-state index in [-0.39, 0.29) is 11.0 Å². The molecule has 2 heterocycles. The number of nitrogens with zero attached hydrogens (tertiary/aromatic N) is 3. The lowest BCUT2D eigenvalue weighted by atomic mass is 9.89. The maximum Gasteiger partial charge on any atom is 0.433 e. The highest BCUT2D eigenvalue weighted by Crippen LogP contribution is 2.28. The molecule has 0 aliphatic heterocycles. The first-order chi connectivity index (χ1) is 13.2. The van der Waals surface area contributed by atoms with Gasteiger partial charge in [-0.25, -0.2) is 9.78 Å². The van der Waals surface area contributed by atoms with Crippen LogP contribution >= 0.6 is 0 Å². The van der Waals surface area contributed by atoms with E-state index in [1.807, 2.05) is 0 Å². The summed E-state index contributed by atoms with van der Waals surface area (Å²) < 4.78 is 40.1. The molecule has 10 heteroatoms. The molecule has 1 amide bonds. The summed E-state index contributed by atoms with van der Waals surface area (Å²) in [6.07, 6.45) is 0.807. The van der Waals surface area contributed by atoms with E-state index >= 15 is 0 Å². The lowest BCUT2D eigenvalue weighted by Crippen LogP contribution is -2.44. The maximum atomic E-state index is 12.9. The molecule has 2 aromatic heterocycles. The van der Waals surface area contributed by atoms with E-state index in [4.69, 9.17) is 0 Å². The molecule has 1 fully saturated rings. The highest BCUT2D eigenvalue weighted by atomic mass is 19.4. The Morgan fingerprint density at radius 3 is 2.54 bits per heavy atom. The van der Waals surface area contributed by atoms with Gasteiger partial charge in [0.15, 0.2) is 0 Å². The lowest BCUT2D eigenvalue weighted by Gasteiger charge is -2.21. The molecule has 0 saturated heterocycles. The van der Waals surface area contributed by atoms with Crippen LogP contribution in [0.25, 0.3) is 11.0 Å². The van der Waals surface area contributed by atoms with Crippen LogP contribution in [0.3, 0.4) is 0 Å². The van der Waals surface area contributed by atoms with Gasteiger partial charge in [-0.2, -0.15) is 13.2 Å². The van der Waals surface area contributed by atoms with Crippen LogP contribution in [0.2, 0.25) is 0 Å². The van der Waals surface area contributed by atoms with E-state index in [0.717, 1.165) is 36.3 Å². The van der Waals surface area contributed by atoms with E-state index in [9.17, 15) is 27.6 Å². The SMILES string of the molecule is Cn1c(=O)n(CC(=O)NCC2CCCCC2)c(=O)c2ccc(C(F)(F)F)nc21. The molecule has 3 rings (SSSR count). The first-order valence-electron chi connectivity index (χ1n) is 9.13. The van der Waals surface area contributed by atoms with Gasteiger partial charge in [-0.15, -0.1) is 0 Å². The van der Waals surface area contributed by atoms with Crippen molar-refractivity contribution in [2.24, 2.45) is 13.0 Å². The van der Waals surface area contributed by atoms with Crippen molar-refractivity contribution in [1.82, 2.24) is 19.4 Å². The fraction of sp³-hybridized carbons (Fsp3) is 0.556. The molecule has 0 radical (unpaired) electrons. The van der Waals surface area contributed by atoms with Crippen LogP contribution < -0.4 is 16.6 Å². The number of nitrogens with one attached hydrogen (secondary N) is 1. The summed E-state index contributed by atoms with van der Waals surface area (Å²) in [5.41, 5.74) is -3.30. The number of alkyl halides is 3. The fourth-order valence-electron chi connectivity index (χ4n) is 3.52. The summed E-state index contributed by atoms with van der Waals surface area (Å²) in [6.45, 7) is -0.00678. The molecule has 0 spiro atoms. The second kappa shape index (κ2) is 7.76. The number of carbonyl (C=O) groups is 1. The Balaban J connectivity index is 1.86. The first kappa shape index (κ1) is 20.1. The Morgan fingerprint density at radius 2 is 1.89 bits per heavy atom. The molecule has 1 aliphatic rings. The molecule has 1 aliphatic carbocycles. The number of hydrogen-bond donors (Lipinski definition) is 1. The molecule has 0 aromatic carbocycles. The van der Waals surface area contributed by atoms with Gasteiger partial charge < -0.3 is 5.32 Å². The Morgan fingerprint density at radius 1 is 1.21 bits per heavy atom. The van der Waals surface area contributed by atoms with Crippen molar-refractivity contribution in [3.8, 4) is 0 Å². The third kappa shape index (κ3) is 4.10. The average molecular weight is 398 g/mol. The molecule has 1 saturated carbocycles. The van der Waals surface area contributed by atoms with E-state index in [1.54, 1.807) is 0 Å². The summed E-state index contributed by atoms with van der Waals surface area (Å²) in [5, 5.41) is 2.58. The predicted molar refractivity (Wildman–Crippen MR) is 95.8 cm³/mol. The van der Waals surface area contributed by atoms with Crippen LogP contribution in [0.1, 0.15) is 37.8 Å². The van der Waals surface area contributed by atoms with Gasteiger partial charge in [-0.3, -0.25) is 18.7 Å². The number of rotatable bonds is 4. The minimum absolute atomic E-state index is 0.157. The van der Waals surface area contributed by atoms with Crippen molar-refractivity contribution in [3.63, 3.8) is 0 Å². The van der Waals surface area contributed by atoms with Crippen molar-refractivity contribution in [1.29, 1.82) is 0 Å². The van der Waals surface area contributed by atoms with E-state index in [1.165, 1.54) is 13.5 Å². The number of halogens is 3. The van der Waals surface area contributed by atoms with Gasteiger partial charge in [0, 0.05) is 13.6 Å². The van der Waals surface area contributed by atoms with Crippen molar-refractivity contribution in [2.75, 3.05) is 6.54 Å². The second-order valence-corrected chi connectivity index (χ2v) is 7.11. The molecule has 28 heavy (non-hydrogen) atoms. The number of aromatic nitrogens is 3. The molecular formula is C18H21F3N4O3. The molecule has 0 bridgehead atoms. The minimum Gasteiger partial charge on any atom is -0.354 e. The summed E-state index contributed by atoms with van der Waals surface area (Å²) in [5.74, 6) is -0.0946. The number of hydrogen-bond acceptors (Lipinski definition) is 4. The quantitative estimate of drug-likeness (QED) is 0.851. The largest absolute Gasteiger partial charge is 0.433 e. The van der Waals surface area contributed by atoms with Crippen LogP contribution in [0.4, 0.5) is 13.2 Å². The van der Waals surface area contributed by atoms with Crippen molar-refractivity contribution in [3.05, 3.63) is 38.7 Å². The predicted octanol–water partition coefficient (Wildman–Crippen LogP) is 1.81. The lowest BCUT2D eigenvalue weighted by molar-refractivity contribution is -0.141. The number of carbonyl (C=O) groups excluding carboxylic acids is 1. The Bertz CT molecular complexity index is 1000. The highest BCUT2D eigenvalue weighted by molar-refractivity contribution is 5.77. The highest BCUT2D eigenvalue weighted by Gasteiger charge is 2.33. The molecule has 7 nitrogen and oxygen atoms in total. The van der Waals surface area contributed by atoms with Gasteiger partial charge in [0.1, 0.15) is 17.9 Å². The smallest absolute Gasteiger partial charge is 0.354 e. The number of amides is 1. The second-order valence-electron chi connectivity index (χ2n) is 7.11. The van der Waals surface area contributed by atoms with Crippen LogP contribution in [0, 0.1) is 5.92 Å².